The molecule has 2 aliphatic rings. The predicted octanol–water partition coefficient (Wildman–Crippen LogP) is 5.00. The van der Waals surface area contributed by atoms with Crippen LogP contribution in [0.2, 0.25) is 0 Å². The van der Waals surface area contributed by atoms with E-state index in [9.17, 15) is 14.3 Å². The first kappa shape index (κ1) is 28.7. The normalized spacial score (nSPS) is 19.5. The van der Waals surface area contributed by atoms with Gasteiger partial charge in [0, 0.05) is 63.3 Å². The number of carbonyl (C=O) groups excluding carboxylic acids is 1. The second kappa shape index (κ2) is 12.4. The third-order valence-corrected chi connectivity index (χ3v) is 9.05. The highest BCUT2D eigenvalue weighted by Gasteiger charge is 2.34. The lowest BCUT2D eigenvalue weighted by Crippen LogP contribution is -2.42. The summed E-state index contributed by atoms with van der Waals surface area (Å²) in [7, 11) is 1.75. The van der Waals surface area contributed by atoms with Crippen LogP contribution in [-0.2, 0) is 11.2 Å². The molecule has 7 nitrogen and oxygen atoms in total. The molecule has 0 radical (unpaired) electrons. The number of amides is 1. The van der Waals surface area contributed by atoms with Crippen LogP contribution >= 0.6 is 0 Å². The van der Waals surface area contributed by atoms with Gasteiger partial charge in [-0.25, -0.2) is 4.39 Å². The molecular weight excluding hydrogens is 507 g/mol. The summed E-state index contributed by atoms with van der Waals surface area (Å²) in [6.45, 7) is 9.89. The Hall–Kier alpha value is -2.81. The lowest BCUT2D eigenvalue weighted by Gasteiger charge is -2.36. The minimum absolute atomic E-state index is 0.00870. The molecule has 1 N–H and O–H groups in total. The van der Waals surface area contributed by atoms with Gasteiger partial charge in [-0.05, 0) is 101 Å². The van der Waals surface area contributed by atoms with Crippen molar-refractivity contribution in [3.63, 3.8) is 0 Å². The van der Waals surface area contributed by atoms with Gasteiger partial charge in [-0.3, -0.25) is 14.7 Å². The molecule has 0 saturated carbocycles. The molecular formula is C32H43FN4O3. The molecule has 2 aromatic heterocycles. The average molecular weight is 551 g/mol. The number of aliphatic hydroxyl groups is 1. The number of halogens is 1. The zero-order valence-electron chi connectivity index (χ0n) is 24.3. The second-order valence-corrected chi connectivity index (χ2v) is 11.9. The van der Waals surface area contributed by atoms with Crippen LogP contribution in [0.25, 0.3) is 16.6 Å². The summed E-state index contributed by atoms with van der Waals surface area (Å²) in [6.07, 6.45) is 10.8. The van der Waals surface area contributed by atoms with Gasteiger partial charge in [0.15, 0.2) is 0 Å². The van der Waals surface area contributed by atoms with E-state index in [1.807, 2.05) is 30.8 Å². The monoisotopic (exact) mass is 550 g/mol. The highest BCUT2D eigenvalue weighted by molar-refractivity contribution is 5.99. The van der Waals surface area contributed by atoms with Gasteiger partial charge < -0.3 is 19.3 Å². The first-order valence-electron chi connectivity index (χ1n) is 14.7. The Balaban J connectivity index is 1.46. The molecule has 2 aliphatic heterocycles. The minimum atomic E-state index is -0.428. The first-order valence-corrected chi connectivity index (χ1v) is 14.7. The van der Waals surface area contributed by atoms with Crippen LogP contribution in [0.3, 0.4) is 0 Å². The number of aromatic nitrogens is 2. The number of hydrogen-bond donors (Lipinski definition) is 1. The highest BCUT2D eigenvalue weighted by atomic mass is 19.1. The van der Waals surface area contributed by atoms with Gasteiger partial charge in [0.2, 0.25) is 0 Å². The topological polar surface area (TPSA) is 70.8 Å². The van der Waals surface area contributed by atoms with Gasteiger partial charge in [0.1, 0.15) is 5.82 Å². The third kappa shape index (κ3) is 5.80. The Morgan fingerprint density at radius 2 is 2.00 bits per heavy atom. The number of aryl methyl sites for hydroxylation is 1. The smallest absolute Gasteiger partial charge is 0.256 e. The molecule has 2 atom stereocenters. The number of fused-ring (bicyclic) bond motifs is 1. The Labute approximate surface area is 236 Å². The molecule has 1 amide bonds. The molecule has 0 spiro atoms. The van der Waals surface area contributed by atoms with E-state index in [0.717, 1.165) is 74.9 Å². The van der Waals surface area contributed by atoms with Crippen LogP contribution < -0.4 is 0 Å². The van der Waals surface area contributed by atoms with Crippen LogP contribution in [0.4, 0.5) is 4.39 Å². The van der Waals surface area contributed by atoms with E-state index < -0.39 is 5.82 Å². The number of pyridine rings is 1. The fourth-order valence-corrected chi connectivity index (χ4v) is 6.70. The predicted molar refractivity (Wildman–Crippen MR) is 155 cm³/mol. The minimum Gasteiger partial charge on any atom is -0.396 e. The van der Waals surface area contributed by atoms with Crippen LogP contribution in [0.5, 0.6) is 0 Å². The van der Waals surface area contributed by atoms with Crippen molar-refractivity contribution in [3.05, 3.63) is 59.3 Å². The lowest BCUT2D eigenvalue weighted by atomic mass is 9.88. The summed E-state index contributed by atoms with van der Waals surface area (Å²) in [5.74, 6) is 0.438. The Morgan fingerprint density at radius 1 is 1.23 bits per heavy atom. The molecule has 40 heavy (non-hydrogen) atoms. The van der Waals surface area contributed by atoms with E-state index >= 15 is 0 Å². The zero-order valence-corrected chi connectivity index (χ0v) is 24.3. The lowest BCUT2D eigenvalue weighted by molar-refractivity contribution is 0.0233. The van der Waals surface area contributed by atoms with Crippen molar-refractivity contribution >= 4 is 16.8 Å². The number of rotatable bonds is 9. The molecule has 2 fully saturated rings. The van der Waals surface area contributed by atoms with E-state index in [-0.39, 0.29) is 18.6 Å². The van der Waals surface area contributed by atoms with Crippen molar-refractivity contribution in [2.45, 2.75) is 65.0 Å². The van der Waals surface area contributed by atoms with Crippen molar-refractivity contribution in [2.75, 3.05) is 40.0 Å². The van der Waals surface area contributed by atoms with E-state index in [0.29, 0.717) is 29.1 Å². The Bertz CT molecular complexity index is 1330. The number of likely N-dealkylation sites (tertiary alicyclic amines) is 1. The van der Waals surface area contributed by atoms with Gasteiger partial charge in [-0.1, -0.05) is 0 Å². The fraction of sp³-hybridized carbons (Fsp3) is 0.562. The third-order valence-electron chi connectivity index (χ3n) is 9.05. The van der Waals surface area contributed by atoms with Gasteiger partial charge in [0.05, 0.1) is 23.0 Å². The van der Waals surface area contributed by atoms with E-state index in [2.05, 4.69) is 23.0 Å². The van der Waals surface area contributed by atoms with Crippen LogP contribution in [-0.4, -0.2) is 82.4 Å². The molecule has 5 rings (SSSR count). The molecule has 0 unspecified atom stereocenters. The molecule has 0 bridgehead atoms. The average Bonchev–Trinajstić information content (AvgIpc) is 3.57. The van der Waals surface area contributed by atoms with Crippen LogP contribution in [0, 0.1) is 24.6 Å². The second-order valence-electron chi connectivity index (χ2n) is 11.9. The van der Waals surface area contributed by atoms with E-state index in [1.165, 1.54) is 17.7 Å². The van der Waals surface area contributed by atoms with Crippen LogP contribution in [0.15, 0.2) is 36.8 Å². The van der Waals surface area contributed by atoms with E-state index in [4.69, 9.17) is 4.74 Å². The number of hydrogen-bond acceptors (Lipinski definition) is 5. The van der Waals surface area contributed by atoms with Gasteiger partial charge in [-0.2, -0.15) is 0 Å². The summed E-state index contributed by atoms with van der Waals surface area (Å²) >= 11 is 0. The zero-order chi connectivity index (χ0) is 28.4. The molecule has 3 aromatic rings. The quantitative estimate of drug-likeness (QED) is 0.406. The van der Waals surface area contributed by atoms with Crippen LogP contribution in [0.1, 0.15) is 61.0 Å². The SMILES string of the molecule is Cc1cncc2c1c(C[C@@H]1CCN([C@H](CCO)C3CCOCC3)C1)cn2-c1ccc(F)cc1C(=O)N(C)C(C)C. The highest BCUT2D eigenvalue weighted by Crippen LogP contribution is 2.34. The summed E-state index contributed by atoms with van der Waals surface area (Å²) < 4.78 is 22.0. The van der Waals surface area contributed by atoms with Crippen molar-refractivity contribution in [1.29, 1.82) is 0 Å². The largest absolute Gasteiger partial charge is 0.396 e. The molecule has 4 heterocycles. The molecule has 216 valence electrons. The summed E-state index contributed by atoms with van der Waals surface area (Å²) in [5, 5.41) is 11.0. The Kier molecular flexibility index (Phi) is 8.88. The summed E-state index contributed by atoms with van der Waals surface area (Å²) in [5.41, 5.74) is 4.26. The van der Waals surface area contributed by atoms with Gasteiger partial charge in [-0.15, -0.1) is 0 Å². The maximum Gasteiger partial charge on any atom is 0.256 e. The van der Waals surface area contributed by atoms with Gasteiger partial charge in [0.25, 0.3) is 5.91 Å². The van der Waals surface area contributed by atoms with Crippen molar-refractivity contribution in [3.8, 4) is 5.69 Å². The maximum atomic E-state index is 14.4. The number of benzene rings is 1. The number of nitrogens with zero attached hydrogens (tertiary/aromatic N) is 4. The Morgan fingerprint density at radius 3 is 2.73 bits per heavy atom. The fourth-order valence-electron chi connectivity index (χ4n) is 6.70. The number of carbonyl (C=O) groups is 1. The molecule has 8 heteroatoms. The van der Waals surface area contributed by atoms with Crippen molar-refractivity contribution in [1.82, 2.24) is 19.4 Å². The maximum absolute atomic E-state index is 14.4. The van der Waals surface area contributed by atoms with E-state index in [1.54, 1.807) is 18.0 Å². The summed E-state index contributed by atoms with van der Waals surface area (Å²) in [4.78, 5) is 22.1. The van der Waals surface area contributed by atoms with Gasteiger partial charge >= 0.3 is 0 Å². The molecule has 1 aromatic carbocycles. The summed E-state index contributed by atoms with van der Waals surface area (Å²) in [6, 6.07) is 4.86. The first-order chi connectivity index (χ1) is 19.3. The van der Waals surface area contributed by atoms with Crippen molar-refractivity contribution < 1.29 is 19.0 Å². The molecule has 2 saturated heterocycles. The number of aliphatic hydroxyl groups excluding tert-OH is 1. The standard InChI is InChI=1S/C32H43FN4O3/c1-21(2)35(4)32(39)27-16-26(33)5-6-29(27)37-20-25(31-22(3)17-34-18-30(31)37)15-23-7-11-36(19-23)28(8-12-38)24-9-13-40-14-10-24/h5-6,16-18,20-21,23-24,28,38H,7-15,19H2,1-4H3/t23-,28+/m0/s1. The number of ether oxygens (including phenoxy) is 1. The van der Waals surface area contributed by atoms with Crippen molar-refractivity contribution in [2.24, 2.45) is 11.8 Å². The molecule has 0 aliphatic carbocycles.